The molecule has 2 heterocycles. The maximum Gasteiger partial charge on any atom is 0.264 e. The number of hydrogen-bond donors (Lipinski definition) is 2. The van der Waals surface area contributed by atoms with Crippen LogP contribution >= 0.6 is 0 Å². The first-order valence-corrected chi connectivity index (χ1v) is 8.92. The van der Waals surface area contributed by atoms with Crippen molar-refractivity contribution in [2.45, 2.75) is 23.8 Å². The van der Waals surface area contributed by atoms with E-state index in [0.717, 1.165) is 38.1 Å². The number of aliphatic imine (C=N–C) groups is 1. The smallest absolute Gasteiger partial charge is 0.264 e. The number of nitrogens with zero attached hydrogens (tertiary/aromatic N) is 2. The third kappa shape index (κ3) is 4.18. The summed E-state index contributed by atoms with van der Waals surface area (Å²) in [7, 11) is -3.77. The zero-order chi connectivity index (χ0) is 16.3. The predicted molar refractivity (Wildman–Crippen MR) is 82.7 cm³/mol. The minimum atomic E-state index is -3.77. The van der Waals surface area contributed by atoms with E-state index in [2.05, 4.69) is 15.0 Å². The minimum Gasteiger partial charge on any atom is -0.377 e. The maximum atomic E-state index is 12.9. The van der Waals surface area contributed by atoms with Crippen LogP contribution in [0.2, 0.25) is 0 Å². The summed E-state index contributed by atoms with van der Waals surface area (Å²) in [4.78, 5) is 6.23. The molecule has 0 radical (unpaired) electrons. The van der Waals surface area contributed by atoms with E-state index in [0.29, 0.717) is 13.3 Å². The van der Waals surface area contributed by atoms with Gasteiger partial charge in [0.2, 0.25) is 5.96 Å². The van der Waals surface area contributed by atoms with Gasteiger partial charge in [-0.1, -0.05) is 0 Å². The van der Waals surface area contributed by atoms with Gasteiger partial charge in [0.25, 0.3) is 10.0 Å². The molecule has 1 saturated heterocycles. The molecule has 2 aliphatic heterocycles. The number of rotatable bonds is 4. The quantitative estimate of drug-likeness (QED) is 0.831. The first-order valence-electron chi connectivity index (χ1n) is 7.43. The fraction of sp³-hybridized carbons (Fsp3) is 0.500. The molecule has 0 spiro atoms. The number of benzene rings is 1. The zero-order valence-electron chi connectivity index (χ0n) is 12.5. The van der Waals surface area contributed by atoms with Gasteiger partial charge in [-0.05, 0) is 37.1 Å². The Morgan fingerprint density at radius 1 is 1.39 bits per heavy atom. The molecule has 0 bridgehead atoms. The number of guanidine groups is 1. The van der Waals surface area contributed by atoms with Crippen LogP contribution in [0.25, 0.3) is 0 Å². The fourth-order valence-corrected chi connectivity index (χ4v) is 3.53. The molecule has 0 saturated carbocycles. The molecule has 126 valence electrons. The Bertz CT molecular complexity index is 672. The number of halogens is 1. The Kier molecular flexibility index (Phi) is 4.79. The number of sulfonamides is 1. The molecule has 3 rings (SSSR count). The van der Waals surface area contributed by atoms with Gasteiger partial charge in [-0.3, -0.25) is 4.90 Å². The normalized spacial score (nSPS) is 22.5. The van der Waals surface area contributed by atoms with Gasteiger partial charge in [-0.2, -0.15) is 0 Å². The Morgan fingerprint density at radius 3 is 2.78 bits per heavy atom. The van der Waals surface area contributed by atoms with E-state index >= 15 is 0 Å². The molecule has 9 heteroatoms. The second kappa shape index (κ2) is 6.81. The molecule has 0 aliphatic carbocycles. The van der Waals surface area contributed by atoms with Crippen molar-refractivity contribution in [3.63, 3.8) is 0 Å². The van der Waals surface area contributed by atoms with Crippen LogP contribution in [0.15, 0.2) is 34.2 Å². The van der Waals surface area contributed by atoms with Crippen molar-refractivity contribution in [1.82, 2.24) is 14.9 Å². The Hall–Kier alpha value is -1.71. The van der Waals surface area contributed by atoms with E-state index in [1.165, 1.54) is 12.1 Å². The topological polar surface area (TPSA) is 83.0 Å². The van der Waals surface area contributed by atoms with Crippen LogP contribution in [0, 0.1) is 5.82 Å². The number of nitrogens with one attached hydrogen (secondary N) is 2. The molecular formula is C14H19FN4O3S. The molecule has 2 N–H and O–H groups in total. The third-order valence-corrected chi connectivity index (χ3v) is 5.09. The van der Waals surface area contributed by atoms with Crippen molar-refractivity contribution in [2.24, 2.45) is 4.99 Å². The van der Waals surface area contributed by atoms with Crippen molar-refractivity contribution in [2.75, 3.05) is 26.5 Å². The Labute approximate surface area is 134 Å². The number of hydrogen-bond acceptors (Lipinski definition) is 6. The van der Waals surface area contributed by atoms with E-state index in [-0.39, 0.29) is 17.0 Å². The lowest BCUT2D eigenvalue weighted by molar-refractivity contribution is 0.0714. The summed E-state index contributed by atoms with van der Waals surface area (Å²) >= 11 is 0. The number of ether oxygens (including phenoxy) is 1. The molecule has 23 heavy (non-hydrogen) atoms. The standard InChI is InChI=1S/C14H19FN4O3S/c15-11-3-5-13(6-4-11)23(20,21)18-14-16-9-19(10-17-14)8-12-2-1-7-22-12/h3-6,12H,1-2,7-10H2,(H2,16,17,18)/t12-/m0/s1. The van der Waals surface area contributed by atoms with Crippen molar-refractivity contribution >= 4 is 16.0 Å². The van der Waals surface area contributed by atoms with Gasteiger partial charge in [0.05, 0.1) is 24.3 Å². The van der Waals surface area contributed by atoms with Crippen molar-refractivity contribution in [3.8, 4) is 0 Å². The van der Waals surface area contributed by atoms with E-state index in [1.54, 1.807) is 0 Å². The minimum absolute atomic E-state index is 0.00909. The van der Waals surface area contributed by atoms with Crippen LogP contribution in [0.5, 0.6) is 0 Å². The van der Waals surface area contributed by atoms with Gasteiger partial charge in [0.1, 0.15) is 5.82 Å². The van der Waals surface area contributed by atoms with Gasteiger partial charge in [-0.15, -0.1) is 0 Å². The summed E-state index contributed by atoms with van der Waals surface area (Å²) in [6.45, 7) is 2.46. The second-order valence-corrected chi connectivity index (χ2v) is 7.21. The van der Waals surface area contributed by atoms with E-state index in [1.807, 2.05) is 4.90 Å². The highest BCUT2D eigenvalue weighted by Gasteiger charge is 2.23. The van der Waals surface area contributed by atoms with Gasteiger partial charge < -0.3 is 10.1 Å². The monoisotopic (exact) mass is 342 g/mol. The first kappa shape index (κ1) is 16.2. The first-order chi connectivity index (χ1) is 11.0. The molecule has 1 aromatic carbocycles. The third-order valence-electron chi connectivity index (χ3n) is 3.74. The highest BCUT2D eigenvalue weighted by atomic mass is 32.2. The lowest BCUT2D eigenvalue weighted by atomic mass is 10.2. The highest BCUT2D eigenvalue weighted by molar-refractivity contribution is 7.90. The van der Waals surface area contributed by atoms with Gasteiger partial charge in [-0.25, -0.2) is 22.5 Å². The largest absolute Gasteiger partial charge is 0.377 e. The molecule has 1 aromatic rings. The zero-order valence-corrected chi connectivity index (χ0v) is 13.4. The molecule has 2 aliphatic rings. The Morgan fingerprint density at radius 2 is 2.17 bits per heavy atom. The molecule has 7 nitrogen and oxygen atoms in total. The summed E-state index contributed by atoms with van der Waals surface area (Å²) < 4.78 is 45.2. The lowest BCUT2D eigenvalue weighted by Gasteiger charge is -2.28. The van der Waals surface area contributed by atoms with E-state index in [4.69, 9.17) is 4.74 Å². The molecule has 0 unspecified atom stereocenters. The van der Waals surface area contributed by atoms with Crippen LogP contribution in [-0.4, -0.2) is 51.9 Å². The Balaban J connectivity index is 1.58. The van der Waals surface area contributed by atoms with Crippen LogP contribution in [0.1, 0.15) is 12.8 Å². The second-order valence-electron chi connectivity index (χ2n) is 5.53. The molecule has 1 atom stereocenters. The van der Waals surface area contributed by atoms with Crippen molar-refractivity contribution in [1.29, 1.82) is 0 Å². The summed E-state index contributed by atoms with van der Waals surface area (Å²) in [5, 5.41) is 2.94. The summed E-state index contributed by atoms with van der Waals surface area (Å²) in [5.41, 5.74) is 0. The van der Waals surface area contributed by atoms with Crippen molar-refractivity contribution in [3.05, 3.63) is 30.1 Å². The van der Waals surface area contributed by atoms with Crippen LogP contribution in [0.4, 0.5) is 4.39 Å². The lowest BCUT2D eigenvalue weighted by Crippen LogP contribution is -2.51. The summed E-state index contributed by atoms with van der Waals surface area (Å²) in [5.74, 6) is -0.292. The SMILES string of the molecule is O=S(=O)(NC1=NCN(C[C@@H]2CCCO2)CN1)c1ccc(F)cc1. The van der Waals surface area contributed by atoms with Crippen LogP contribution in [-0.2, 0) is 14.8 Å². The average molecular weight is 342 g/mol. The van der Waals surface area contributed by atoms with Gasteiger partial charge >= 0.3 is 0 Å². The van der Waals surface area contributed by atoms with Crippen molar-refractivity contribution < 1.29 is 17.5 Å². The average Bonchev–Trinajstić information content (AvgIpc) is 3.02. The summed E-state index contributed by atoms with van der Waals surface area (Å²) in [6.07, 6.45) is 2.35. The summed E-state index contributed by atoms with van der Waals surface area (Å²) in [6, 6.07) is 4.64. The van der Waals surface area contributed by atoms with E-state index in [9.17, 15) is 12.8 Å². The van der Waals surface area contributed by atoms with Crippen LogP contribution in [0.3, 0.4) is 0 Å². The fourth-order valence-electron chi connectivity index (χ4n) is 2.53. The molecular weight excluding hydrogens is 323 g/mol. The van der Waals surface area contributed by atoms with Gasteiger partial charge in [0, 0.05) is 13.2 Å². The maximum absolute atomic E-state index is 12.9. The molecule has 0 aromatic heterocycles. The van der Waals surface area contributed by atoms with Crippen LogP contribution < -0.4 is 10.0 Å². The molecule has 1 fully saturated rings. The molecule has 0 amide bonds. The van der Waals surface area contributed by atoms with Gasteiger partial charge in [0.15, 0.2) is 0 Å². The highest BCUT2D eigenvalue weighted by Crippen LogP contribution is 2.14. The predicted octanol–water partition coefficient (Wildman–Crippen LogP) is 0.459. The van der Waals surface area contributed by atoms with E-state index < -0.39 is 15.8 Å².